The van der Waals surface area contributed by atoms with Crippen LogP contribution in [0.15, 0.2) is 43.1 Å². The number of aromatic nitrogens is 4. The van der Waals surface area contributed by atoms with Crippen LogP contribution < -0.4 is 5.73 Å². The zero-order valence-electron chi connectivity index (χ0n) is 11.7. The lowest BCUT2D eigenvalue weighted by Crippen LogP contribution is -2.05. The summed E-state index contributed by atoms with van der Waals surface area (Å²) >= 11 is 0. The van der Waals surface area contributed by atoms with E-state index in [4.69, 9.17) is 5.73 Å². The summed E-state index contributed by atoms with van der Waals surface area (Å²) in [4.78, 5) is 12.6. The molecule has 0 aromatic carbocycles. The van der Waals surface area contributed by atoms with E-state index in [0.717, 1.165) is 17.5 Å². The van der Waals surface area contributed by atoms with E-state index in [0.29, 0.717) is 17.8 Å². The molecular weight excluding hydrogens is 262 g/mol. The lowest BCUT2D eigenvalue weighted by molar-refractivity contribution is 0.523. The van der Waals surface area contributed by atoms with Crippen LogP contribution in [0.3, 0.4) is 0 Å². The Hall–Kier alpha value is -2.43. The van der Waals surface area contributed by atoms with Gasteiger partial charge in [0.15, 0.2) is 0 Å². The second-order valence-corrected chi connectivity index (χ2v) is 5.66. The molecular formula is C16H17N5. The van der Waals surface area contributed by atoms with Gasteiger partial charge in [-0.05, 0) is 48.9 Å². The largest absolute Gasteiger partial charge is 0.383 e. The van der Waals surface area contributed by atoms with Crippen LogP contribution in [0.1, 0.15) is 36.8 Å². The highest BCUT2D eigenvalue weighted by atomic mass is 15.1. The maximum Gasteiger partial charge on any atom is 0.145 e. The van der Waals surface area contributed by atoms with Gasteiger partial charge in [0.2, 0.25) is 0 Å². The van der Waals surface area contributed by atoms with Crippen LogP contribution in [0.2, 0.25) is 0 Å². The average Bonchev–Trinajstić information content (AvgIpc) is 3.15. The second kappa shape index (κ2) is 4.84. The van der Waals surface area contributed by atoms with Crippen LogP contribution in [0, 0.1) is 0 Å². The minimum absolute atomic E-state index is 0.481. The Morgan fingerprint density at radius 2 is 1.95 bits per heavy atom. The molecule has 21 heavy (non-hydrogen) atoms. The molecule has 2 N–H and O–H groups in total. The van der Waals surface area contributed by atoms with Crippen molar-refractivity contribution in [3.63, 3.8) is 0 Å². The summed E-state index contributed by atoms with van der Waals surface area (Å²) in [6.07, 6.45) is 10.9. The minimum atomic E-state index is 0.481. The quantitative estimate of drug-likeness (QED) is 0.783. The first kappa shape index (κ1) is 12.3. The van der Waals surface area contributed by atoms with Gasteiger partial charge in [0.05, 0.1) is 5.39 Å². The predicted octanol–water partition coefficient (Wildman–Crippen LogP) is 2.92. The molecule has 5 nitrogen and oxygen atoms in total. The van der Waals surface area contributed by atoms with Crippen LogP contribution in [-0.2, 0) is 0 Å². The first-order chi connectivity index (χ1) is 10.3. The molecule has 3 aromatic rings. The third-order valence-electron chi connectivity index (χ3n) is 4.52. The van der Waals surface area contributed by atoms with Gasteiger partial charge in [-0.15, -0.1) is 0 Å². The normalized spacial score (nSPS) is 21.9. The Bertz CT molecular complexity index is 765. The van der Waals surface area contributed by atoms with Gasteiger partial charge >= 0.3 is 0 Å². The molecule has 0 aliphatic heterocycles. The van der Waals surface area contributed by atoms with Crippen molar-refractivity contribution in [3.05, 3.63) is 48.7 Å². The van der Waals surface area contributed by atoms with Crippen molar-refractivity contribution in [2.45, 2.75) is 31.2 Å². The number of hydrogen-bond donors (Lipinski definition) is 1. The summed E-state index contributed by atoms with van der Waals surface area (Å²) in [7, 11) is 0. The predicted molar refractivity (Wildman–Crippen MR) is 81.8 cm³/mol. The van der Waals surface area contributed by atoms with Gasteiger partial charge in [0.1, 0.15) is 17.8 Å². The van der Waals surface area contributed by atoms with Crippen LogP contribution >= 0.6 is 0 Å². The van der Waals surface area contributed by atoms with Gasteiger partial charge in [-0.2, -0.15) is 0 Å². The molecule has 3 heterocycles. The van der Waals surface area contributed by atoms with E-state index in [2.05, 4.69) is 37.8 Å². The number of rotatable bonds is 2. The zero-order valence-corrected chi connectivity index (χ0v) is 11.7. The zero-order chi connectivity index (χ0) is 14.2. The Kier molecular flexibility index (Phi) is 2.84. The number of hydrogen-bond acceptors (Lipinski definition) is 4. The van der Waals surface area contributed by atoms with Gasteiger partial charge in [0, 0.05) is 24.6 Å². The molecule has 2 unspecified atom stereocenters. The standard InChI is InChI=1S/C16H17N5/c17-15-14-5-8-21(16(14)20-10-19-15)13-2-1-12(9-13)11-3-6-18-7-4-11/h3-8,10,12-13H,1-2,9H2,(H2,17,19,20). The summed E-state index contributed by atoms with van der Waals surface area (Å²) in [5.41, 5.74) is 8.25. The first-order valence-electron chi connectivity index (χ1n) is 7.30. The maximum atomic E-state index is 5.92. The molecule has 2 atom stereocenters. The highest BCUT2D eigenvalue weighted by Gasteiger charge is 2.28. The Morgan fingerprint density at radius 3 is 2.81 bits per heavy atom. The average molecular weight is 279 g/mol. The molecule has 4 rings (SSSR count). The topological polar surface area (TPSA) is 69.6 Å². The Balaban J connectivity index is 1.64. The first-order valence-corrected chi connectivity index (χ1v) is 7.30. The SMILES string of the molecule is Nc1ncnc2c1ccn2C1CCC(c2ccncc2)C1. The van der Waals surface area contributed by atoms with Crippen molar-refractivity contribution in [3.8, 4) is 0 Å². The van der Waals surface area contributed by atoms with E-state index < -0.39 is 0 Å². The van der Waals surface area contributed by atoms with Crippen molar-refractivity contribution < 1.29 is 0 Å². The van der Waals surface area contributed by atoms with Crippen molar-refractivity contribution in [1.82, 2.24) is 19.5 Å². The van der Waals surface area contributed by atoms with Crippen molar-refractivity contribution >= 4 is 16.9 Å². The number of fused-ring (bicyclic) bond motifs is 1. The van der Waals surface area contributed by atoms with Gasteiger partial charge in [-0.25, -0.2) is 9.97 Å². The maximum absolute atomic E-state index is 5.92. The third kappa shape index (κ3) is 2.05. The van der Waals surface area contributed by atoms with Crippen LogP contribution in [0.4, 0.5) is 5.82 Å². The van der Waals surface area contributed by atoms with Gasteiger partial charge in [0.25, 0.3) is 0 Å². The molecule has 106 valence electrons. The van der Waals surface area contributed by atoms with E-state index in [1.165, 1.54) is 18.4 Å². The van der Waals surface area contributed by atoms with E-state index >= 15 is 0 Å². The van der Waals surface area contributed by atoms with E-state index in [1.54, 1.807) is 6.33 Å². The molecule has 1 aliphatic carbocycles. The van der Waals surface area contributed by atoms with E-state index in [1.807, 2.05) is 18.5 Å². The number of nitrogens with two attached hydrogens (primary N) is 1. The number of nitrogens with zero attached hydrogens (tertiary/aromatic N) is 4. The molecule has 1 saturated carbocycles. The van der Waals surface area contributed by atoms with E-state index in [9.17, 15) is 0 Å². The van der Waals surface area contributed by atoms with Crippen LogP contribution in [0.25, 0.3) is 11.0 Å². The van der Waals surface area contributed by atoms with Crippen molar-refractivity contribution in [1.29, 1.82) is 0 Å². The molecule has 0 bridgehead atoms. The fourth-order valence-electron chi connectivity index (χ4n) is 3.43. The highest BCUT2D eigenvalue weighted by molar-refractivity contribution is 5.86. The fourth-order valence-corrected chi connectivity index (χ4v) is 3.43. The second-order valence-electron chi connectivity index (χ2n) is 5.66. The number of anilines is 1. The van der Waals surface area contributed by atoms with Gasteiger partial charge in [-0.3, -0.25) is 4.98 Å². The highest BCUT2D eigenvalue weighted by Crippen LogP contribution is 2.41. The molecule has 3 aromatic heterocycles. The summed E-state index contributed by atoms with van der Waals surface area (Å²) < 4.78 is 2.26. The smallest absolute Gasteiger partial charge is 0.145 e. The Labute approximate surface area is 122 Å². The molecule has 0 saturated heterocycles. The fraction of sp³-hybridized carbons (Fsp3) is 0.312. The van der Waals surface area contributed by atoms with Crippen molar-refractivity contribution in [2.24, 2.45) is 0 Å². The Morgan fingerprint density at radius 1 is 1.10 bits per heavy atom. The monoisotopic (exact) mass is 279 g/mol. The van der Waals surface area contributed by atoms with E-state index in [-0.39, 0.29) is 0 Å². The van der Waals surface area contributed by atoms with Crippen LogP contribution in [0.5, 0.6) is 0 Å². The molecule has 1 aliphatic rings. The summed E-state index contributed by atoms with van der Waals surface area (Å²) in [5, 5.41) is 0.949. The molecule has 1 fully saturated rings. The molecule has 0 radical (unpaired) electrons. The van der Waals surface area contributed by atoms with Gasteiger partial charge in [-0.1, -0.05) is 0 Å². The summed E-state index contributed by atoms with van der Waals surface area (Å²) in [6, 6.07) is 6.75. The minimum Gasteiger partial charge on any atom is -0.383 e. The molecule has 0 amide bonds. The summed E-state index contributed by atoms with van der Waals surface area (Å²) in [6.45, 7) is 0. The summed E-state index contributed by atoms with van der Waals surface area (Å²) in [5.74, 6) is 1.16. The lowest BCUT2D eigenvalue weighted by atomic mass is 9.99. The molecule has 0 spiro atoms. The van der Waals surface area contributed by atoms with Crippen molar-refractivity contribution in [2.75, 3.05) is 5.73 Å². The third-order valence-corrected chi connectivity index (χ3v) is 4.52. The lowest BCUT2D eigenvalue weighted by Gasteiger charge is -2.14. The van der Waals surface area contributed by atoms with Gasteiger partial charge < -0.3 is 10.3 Å². The number of pyridine rings is 1. The van der Waals surface area contributed by atoms with Crippen LogP contribution in [-0.4, -0.2) is 19.5 Å². The number of nitrogen functional groups attached to an aromatic ring is 1. The molecule has 5 heteroatoms.